The van der Waals surface area contributed by atoms with E-state index in [1.807, 2.05) is 18.7 Å². The summed E-state index contributed by atoms with van der Waals surface area (Å²) >= 11 is 2.01. The van der Waals surface area contributed by atoms with Crippen LogP contribution < -0.4 is 5.32 Å². The molecule has 2 unspecified atom stereocenters. The third-order valence-corrected chi connectivity index (χ3v) is 5.33. The Balaban J connectivity index is 2.65. The van der Waals surface area contributed by atoms with Gasteiger partial charge in [-0.05, 0) is 63.0 Å². The normalized spacial score (nSPS) is 25.9. The molecule has 2 atom stereocenters. The predicted octanol–water partition coefficient (Wildman–Crippen LogP) is 3.62. The number of hydrogen-bond donors (Lipinski definition) is 1. The Kier molecular flexibility index (Phi) is 8.62. The fourth-order valence-corrected chi connectivity index (χ4v) is 4.07. The van der Waals surface area contributed by atoms with Gasteiger partial charge in [0, 0.05) is 0 Å². The molecule has 0 heterocycles. The van der Waals surface area contributed by atoms with Gasteiger partial charge in [-0.25, -0.2) is 0 Å². The van der Waals surface area contributed by atoms with Crippen molar-refractivity contribution in [3.8, 4) is 0 Å². The van der Waals surface area contributed by atoms with Crippen LogP contribution in [0.4, 0.5) is 0 Å². The minimum atomic E-state index is -0.404. The zero-order chi connectivity index (χ0) is 14.8. The van der Waals surface area contributed by atoms with Crippen molar-refractivity contribution in [3.63, 3.8) is 0 Å². The van der Waals surface area contributed by atoms with Crippen molar-refractivity contribution >= 4 is 17.7 Å². The lowest BCUT2D eigenvalue weighted by Gasteiger charge is -2.34. The second-order valence-electron chi connectivity index (χ2n) is 5.61. The monoisotopic (exact) mass is 301 g/mol. The van der Waals surface area contributed by atoms with Gasteiger partial charge >= 0.3 is 5.97 Å². The molecule has 0 amide bonds. The van der Waals surface area contributed by atoms with Crippen molar-refractivity contribution in [2.45, 2.75) is 64.8 Å². The Morgan fingerprint density at radius 2 is 2.10 bits per heavy atom. The van der Waals surface area contributed by atoms with Crippen LogP contribution in [0.25, 0.3) is 0 Å². The Morgan fingerprint density at radius 1 is 1.30 bits per heavy atom. The quantitative estimate of drug-likeness (QED) is 0.494. The summed E-state index contributed by atoms with van der Waals surface area (Å²) in [6.07, 6.45) is 6.64. The predicted molar refractivity (Wildman–Crippen MR) is 87.2 cm³/mol. The summed E-state index contributed by atoms with van der Waals surface area (Å²) in [5.74, 6) is 2.81. The van der Waals surface area contributed by atoms with E-state index in [1.165, 1.54) is 12.2 Å². The van der Waals surface area contributed by atoms with Gasteiger partial charge in [0.2, 0.25) is 0 Å². The highest BCUT2D eigenvalue weighted by Crippen LogP contribution is 2.39. The number of carbonyl (C=O) groups excluding carboxylic acids is 1. The fourth-order valence-electron chi connectivity index (χ4n) is 3.12. The molecule has 20 heavy (non-hydrogen) atoms. The summed E-state index contributed by atoms with van der Waals surface area (Å²) in [5.41, 5.74) is -0.404. The van der Waals surface area contributed by atoms with E-state index in [9.17, 15) is 4.79 Å². The molecule has 0 saturated heterocycles. The highest BCUT2D eigenvalue weighted by molar-refractivity contribution is 7.99. The van der Waals surface area contributed by atoms with E-state index < -0.39 is 5.54 Å². The maximum atomic E-state index is 12.5. The molecule has 1 aliphatic rings. The van der Waals surface area contributed by atoms with Crippen molar-refractivity contribution in [2.75, 3.05) is 24.7 Å². The van der Waals surface area contributed by atoms with Gasteiger partial charge in [-0.3, -0.25) is 4.79 Å². The van der Waals surface area contributed by atoms with Crippen molar-refractivity contribution in [2.24, 2.45) is 5.92 Å². The second kappa shape index (κ2) is 9.67. The first-order chi connectivity index (χ1) is 9.71. The van der Waals surface area contributed by atoms with Gasteiger partial charge in [0.15, 0.2) is 0 Å². The Labute approximate surface area is 128 Å². The Morgan fingerprint density at radius 3 is 2.75 bits per heavy atom. The summed E-state index contributed by atoms with van der Waals surface area (Å²) in [5, 5.41) is 3.54. The molecule has 1 rings (SSSR count). The van der Waals surface area contributed by atoms with Crippen LogP contribution in [0.5, 0.6) is 0 Å². The maximum absolute atomic E-state index is 12.5. The van der Waals surface area contributed by atoms with Crippen molar-refractivity contribution in [1.29, 1.82) is 0 Å². The van der Waals surface area contributed by atoms with Crippen LogP contribution >= 0.6 is 11.8 Å². The lowest BCUT2D eigenvalue weighted by atomic mass is 9.84. The van der Waals surface area contributed by atoms with Crippen LogP contribution in [0.1, 0.15) is 59.3 Å². The third-order valence-electron chi connectivity index (χ3n) is 4.11. The highest BCUT2D eigenvalue weighted by atomic mass is 32.2. The summed E-state index contributed by atoms with van der Waals surface area (Å²) < 4.78 is 5.38. The zero-order valence-corrected chi connectivity index (χ0v) is 14.2. The van der Waals surface area contributed by atoms with Crippen LogP contribution in [0.15, 0.2) is 0 Å². The van der Waals surface area contributed by atoms with Crippen LogP contribution in [-0.4, -0.2) is 36.2 Å². The van der Waals surface area contributed by atoms with Gasteiger partial charge in [-0.1, -0.05) is 20.3 Å². The van der Waals surface area contributed by atoms with Gasteiger partial charge < -0.3 is 10.1 Å². The number of nitrogens with one attached hydrogen (secondary N) is 1. The highest BCUT2D eigenvalue weighted by Gasteiger charge is 2.49. The lowest BCUT2D eigenvalue weighted by Crippen LogP contribution is -2.56. The van der Waals surface area contributed by atoms with Crippen molar-refractivity contribution in [3.05, 3.63) is 0 Å². The Hall–Kier alpha value is -0.220. The molecule has 0 aromatic carbocycles. The molecule has 3 nitrogen and oxygen atoms in total. The molecule has 1 N–H and O–H groups in total. The first kappa shape index (κ1) is 17.8. The van der Waals surface area contributed by atoms with Gasteiger partial charge in [-0.2, -0.15) is 11.8 Å². The van der Waals surface area contributed by atoms with Crippen LogP contribution in [0, 0.1) is 5.92 Å². The van der Waals surface area contributed by atoms with Crippen LogP contribution in [0.3, 0.4) is 0 Å². The molecule has 1 fully saturated rings. The third kappa shape index (κ3) is 4.66. The minimum Gasteiger partial charge on any atom is -0.465 e. The minimum absolute atomic E-state index is 0.0172. The van der Waals surface area contributed by atoms with Gasteiger partial charge in [0.05, 0.1) is 6.61 Å². The maximum Gasteiger partial charge on any atom is 0.326 e. The molecule has 1 aliphatic carbocycles. The molecular weight excluding hydrogens is 270 g/mol. The number of carbonyl (C=O) groups is 1. The molecule has 0 aromatic heterocycles. The van der Waals surface area contributed by atoms with E-state index in [2.05, 4.69) is 19.2 Å². The van der Waals surface area contributed by atoms with Crippen LogP contribution in [-0.2, 0) is 9.53 Å². The number of thioether (sulfide) groups is 1. The van der Waals surface area contributed by atoms with E-state index in [1.54, 1.807) is 0 Å². The SMILES string of the molecule is CCCNC1(C(=O)OCC)CCCC1CCSCCC. The van der Waals surface area contributed by atoms with Crippen LogP contribution in [0.2, 0.25) is 0 Å². The van der Waals surface area contributed by atoms with Gasteiger partial charge in [0.25, 0.3) is 0 Å². The van der Waals surface area contributed by atoms with Crippen molar-refractivity contribution < 1.29 is 9.53 Å². The van der Waals surface area contributed by atoms with E-state index in [0.29, 0.717) is 12.5 Å². The number of rotatable bonds is 10. The summed E-state index contributed by atoms with van der Waals surface area (Å²) in [7, 11) is 0. The first-order valence-corrected chi connectivity index (χ1v) is 9.36. The summed E-state index contributed by atoms with van der Waals surface area (Å²) in [6.45, 7) is 7.64. The van der Waals surface area contributed by atoms with Crippen molar-refractivity contribution in [1.82, 2.24) is 5.32 Å². The number of hydrogen-bond acceptors (Lipinski definition) is 4. The molecule has 118 valence electrons. The fraction of sp³-hybridized carbons (Fsp3) is 0.938. The number of ether oxygens (including phenoxy) is 1. The molecule has 0 spiro atoms. The smallest absolute Gasteiger partial charge is 0.326 e. The molecular formula is C16H31NO2S. The molecule has 0 aromatic rings. The zero-order valence-electron chi connectivity index (χ0n) is 13.4. The van der Waals surface area contributed by atoms with E-state index in [4.69, 9.17) is 4.74 Å². The standard InChI is InChI=1S/C16H31NO2S/c1-4-11-17-16(15(18)19-6-3)10-7-8-14(16)9-13-20-12-5-2/h14,17H,4-13H2,1-3H3. The molecule has 4 heteroatoms. The summed E-state index contributed by atoms with van der Waals surface area (Å²) in [4.78, 5) is 12.5. The molecule has 1 saturated carbocycles. The topological polar surface area (TPSA) is 38.3 Å². The average Bonchev–Trinajstić information content (AvgIpc) is 2.86. The van der Waals surface area contributed by atoms with Gasteiger partial charge in [0.1, 0.15) is 5.54 Å². The molecule has 0 aliphatic heterocycles. The van der Waals surface area contributed by atoms with E-state index in [0.717, 1.165) is 44.4 Å². The van der Waals surface area contributed by atoms with E-state index in [-0.39, 0.29) is 5.97 Å². The molecule has 0 radical (unpaired) electrons. The lowest BCUT2D eigenvalue weighted by molar-refractivity contribution is -0.153. The average molecular weight is 301 g/mol. The second-order valence-corrected chi connectivity index (χ2v) is 6.83. The first-order valence-electron chi connectivity index (χ1n) is 8.21. The van der Waals surface area contributed by atoms with E-state index >= 15 is 0 Å². The number of esters is 1. The summed E-state index contributed by atoms with van der Waals surface area (Å²) in [6, 6.07) is 0. The largest absolute Gasteiger partial charge is 0.465 e. The van der Waals surface area contributed by atoms with Gasteiger partial charge in [-0.15, -0.1) is 0 Å². The Bertz CT molecular complexity index is 286. The molecule has 0 bridgehead atoms.